The molecule has 0 aliphatic heterocycles. The zero-order chi connectivity index (χ0) is 13.9. The molecule has 0 aromatic carbocycles. The molecule has 0 fully saturated rings. The summed E-state index contributed by atoms with van der Waals surface area (Å²) < 4.78 is 0. The van der Waals surface area contributed by atoms with Crippen LogP contribution in [0.3, 0.4) is 0 Å². The number of nitrogens with two attached hydrogens (primary N) is 1. The van der Waals surface area contributed by atoms with Gasteiger partial charge in [-0.15, -0.1) is 11.3 Å². The maximum Gasteiger partial charge on any atom is 0.186 e. The van der Waals surface area contributed by atoms with Crippen molar-refractivity contribution in [3.05, 3.63) is 40.7 Å². The lowest BCUT2D eigenvalue weighted by Crippen LogP contribution is -2.22. The Kier molecular flexibility index (Phi) is 3.98. The van der Waals surface area contributed by atoms with Gasteiger partial charge in [-0.3, -0.25) is 4.98 Å². The summed E-state index contributed by atoms with van der Waals surface area (Å²) in [5, 5.41) is 1.08. The van der Waals surface area contributed by atoms with Gasteiger partial charge in [0.1, 0.15) is 0 Å². The van der Waals surface area contributed by atoms with Crippen molar-refractivity contribution in [3.63, 3.8) is 0 Å². The summed E-state index contributed by atoms with van der Waals surface area (Å²) in [6.45, 7) is 3.89. The maximum absolute atomic E-state index is 6.17. The highest BCUT2D eigenvalue weighted by molar-refractivity contribution is 7.15. The third-order valence-electron chi connectivity index (χ3n) is 3.72. The lowest BCUT2D eigenvalue weighted by Gasteiger charge is -2.19. The predicted octanol–water partition coefficient (Wildman–Crippen LogP) is 2.90. The smallest absolute Gasteiger partial charge is 0.186 e. The third kappa shape index (κ3) is 2.69. The average Bonchev–Trinajstić information content (AvgIpc) is 2.91. The van der Waals surface area contributed by atoms with Gasteiger partial charge in [0, 0.05) is 23.7 Å². The highest BCUT2D eigenvalue weighted by Gasteiger charge is 2.23. The molecule has 0 spiro atoms. The minimum absolute atomic E-state index is 0.123. The zero-order valence-corrected chi connectivity index (χ0v) is 12.6. The zero-order valence-electron chi connectivity index (χ0n) is 11.7. The fraction of sp³-hybridized carbons (Fsp3) is 0.467. The molecule has 0 amide bonds. The Hall–Kier alpha value is -1.46. The van der Waals surface area contributed by atoms with Crippen molar-refractivity contribution in [1.82, 2.24) is 9.97 Å². The highest BCUT2D eigenvalue weighted by atomic mass is 32.1. The second-order valence-electron chi connectivity index (χ2n) is 5.14. The van der Waals surface area contributed by atoms with E-state index >= 15 is 0 Å². The average molecular weight is 288 g/mol. The molecule has 2 aromatic heterocycles. The van der Waals surface area contributed by atoms with Crippen LogP contribution < -0.4 is 10.6 Å². The Morgan fingerprint density at radius 2 is 2.35 bits per heavy atom. The molecule has 2 heterocycles. The van der Waals surface area contributed by atoms with E-state index in [1.54, 1.807) is 11.3 Å². The number of hydrogen-bond acceptors (Lipinski definition) is 5. The van der Waals surface area contributed by atoms with E-state index in [-0.39, 0.29) is 6.04 Å². The normalized spacial score (nSPS) is 17.8. The lowest BCUT2D eigenvalue weighted by molar-refractivity contribution is 0.563. The van der Waals surface area contributed by atoms with Crippen LogP contribution in [0.15, 0.2) is 24.4 Å². The number of aryl methyl sites for hydroxylation is 1. The Morgan fingerprint density at radius 3 is 3.05 bits per heavy atom. The molecular formula is C15H20N4S. The van der Waals surface area contributed by atoms with Crippen LogP contribution in [0, 0.1) is 0 Å². The number of fused-ring (bicyclic) bond motifs is 1. The molecule has 0 saturated heterocycles. The summed E-state index contributed by atoms with van der Waals surface area (Å²) >= 11 is 1.80. The molecule has 2 N–H and O–H groups in total. The second kappa shape index (κ2) is 5.89. The summed E-state index contributed by atoms with van der Waals surface area (Å²) in [6.07, 6.45) is 5.21. The van der Waals surface area contributed by atoms with Gasteiger partial charge in [0.05, 0.1) is 17.9 Å². The van der Waals surface area contributed by atoms with Crippen LogP contribution in [0.25, 0.3) is 0 Å². The first-order valence-electron chi connectivity index (χ1n) is 7.18. The van der Waals surface area contributed by atoms with Crippen molar-refractivity contribution in [2.45, 2.75) is 38.8 Å². The van der Waals surface area contributed by atoms with Crippen molar-refractivity contribution in [2.75, 3.05) is 11.4 Å². The van der Waals surface area contributed by atoms with Crippen LogP contribution in [0.1, 0.15) is 42.1 Å². The standard InChI is InChI=1S/C15H20N4S/c1-2-19(10-11-6-3-4-9-17-11)15-18-14-12(16)7-5-8-13(14)20-15/h3-4,6,9,12H,2,5,7-8,10,16H2,1H3. The van der Waals surface area contributed by atoms with Crippen molar-refractivity contribution >= 4 is 16.5 Å². The van der Waals surface area contributed by atoms with Gasteiger partial charge in [-0.05, 0) is 38.3 Å². The number of hydrogen-bond donors (Lipinski definition) is 1. The largest absolute Gasteiger partial charge is 0.342 e. The minimum atomic E-state index is 0.123. The summed E-state index contributed by atoms with van der Waals surface area (Å²) in [5.74, 6) is 0. The quantitative estimate of drug-likeness (QED) is 0.940. The van der Waals surface area contributed by atoms with Crippen molar-refractivity contribution < 1.29 is 0 Å². The Balaban J connectivity index is 1.83. The van der Waals surface area contributed by atoms with Gasteiger partial charge < -0.3 is 10.6 Å². The van der Waals surface area contributed by atoms with Crippen molar-refractivity contribution in [1.29, 1.82) is 0 Å². The van der Waals surface area contributed by atoms with Crippen LogP contribution in [0.2, 0.25) is 0 Å². The molecule has 1 unspecified atom stereocenters. The molecule has 0 saturated carbocycles. The van der Waals surface area contributed by atoms with Gasteiger partial charge in [-0.1, -0.05) is 6.07 Å². The van der Waals surface area contributed by atoms with Crippen LogP contribution in [-0.2, 0) is 13.0 Å². The van der Waals surface area contributed by atoms with E-state index in [1.807, 2.05) is 18.3 Å². The molecule has 2 aromatic rings. The molecule has 0 radical (unpaired) electrons. The summed E-state index contributed by atoms with van der Waals surface area (Å²) in [7, 11) is 0. The van der Waals surface area contributed by atoms with Crippen LogP contribution in [0.5, 0.6) is 0 Å². The Labute approximate surface area is 123 Å². The maximum atomic E-state index is 6.17. The fourth-order valence-electron chi connectivity index (χ4n) is 2.58. The molecule has 106 valence electrons. The second-order valence-corrected chi connectivity index (χ2v) is 6.20. The summed E-state index contributed by atoms with van der Waals surface area (Å²) in [4.78, 5) is 12.8. The molecule has 4 nitrogen and oxygen atoms in total. The molecule has 3 rings (SSSR count). The molecule has 0 bridgehead atoms. The van der Waals surface area contributed by atoms with Gasteiger partial charge in [0.15, 0.2) is 5.13 Å². The summed E-state index contributed by atoms with van der Waals surface area (Å²) in [6, 6.07) is 6.15. The van der Waals surface area contributed by atoms with Crippen LogP contribution in [0.4, 0.5) is 5.13 Å². The number of thiazole rings is 1. The van der Waals surface area contributed by atoms with E-state index < -0.39 is 0 Å². The monoisotopic (exact) mass is 288 g/mol. The van der Waals surface area contributed by atoms with Crippen molar-refractivity contribution in [2.24, 2.45) is 5.73 Å². The van der Waals surface area contributed by atoms with Gasteiger partial charge in [-0.2, -0.15) is 0 Å². The Morgan fingerprint density at radius 1 is 1.45 bits per heavy atom. The molecule has 1 atom stereocenters. The molecular weight excluding hydrogens is 268 g/mol. The number of aromatic nitrogens is 2. The first-order valence-corrected chi connectivity index (χ1v) is 7.99. The van der Waals surface area contributed by atoms with Crippen molar-refractivity contribution in [3.8, 4) is 0 Å². The van der Waals surface area contributed by atoms with E-state index in [0.717, 1.165) is 42.5 Å². The highest BCUT2D eigenvalue weighted by Crippen LogP contribution is 2.35. The van der Waals surface area contributed by atoms with Crippen LogP contribution >= 0.6 is 11.3 Å². The number of rotatable bonds is 4. The van der Waals surface area contributed by atoms with E-state index in [2.05, 4.69) is 22.9 Å². The van der Waals surface area contributed by atoms with E-state index in [0.29, 0.717) is 0 Å². The predicted molar refractivity (Wildman–Crippen MR) is 82.9 cm³/mol. The first kappa shape index (κ1) is 13.5. The molecule has 20 heavy (non-hydrogen) atoms. The van der Waals surface area contributed by atoms with Crippen LogP contribution in [-0.4, -0.2) is 16.5 Å². The molecule has 5 heteroatoms. The number of pyridine rings is 1. The SMILES string of the molecule is CCN(Cc1ccccn1)c1nc2c(s1)CCCC2N. The summed E-state index contributed by atoms with van der Waals surface area (Å²) in [5.41, 5.74) is 8.36. The third-order valence-corrected chi connectivity index (χ3v) is 4.91. The first-order chi connectivity index (χ1) is 9.78. The van der Waals surface area contributed by atoms with E-state index in [9.17, 15) is 0 Å². The van der Waals surface area contributed by atoms with Gasteiger partial charge in [0.25, 0.3) is 0 Å². The fourth-order valence-corrected chi connectivity index (χ4v) is 3.81. The number of anilines is 1. The van der Waals surface area contributed by atoms with E-state index in [1.165, 1.54) is 11.3 Å². The van der Waals surface area contributed by atoms with Gasteiger partial charge in [-0.25, -0.2) is 4.98 Å². The molecule has 1 aliphatic carbocycles. The number of nitrogens with zero attached hydrogens (tertiary/aromatic N) is 3. The molecule has 1 aliphatic rings. The Bertz CT molecular complexity index is 567. The van der Waals surface area contributed by atoms with Gasteiger partial charge in [0.2, 0.25) is 0 Å². The van der Waals surface area contributed by atoms with Gasteiger partial charge >= 0.3 is 0 Å². The topological polar surface area (TPSA) is 55.0 Å². The van der Waals surface area contributed by atoms with E-state index in [4.69, 9.17) is 10.7 Å². The lowest BCUT2D eigenvalue weighted by atomic mass is 9.99. The minimum Gasteiger partial charge on any atom is -0.342 e.